The third-order valence-electron chi connectivity index (χ3n) is 2.16. The fourth-order valence-corrected chi connectivity index (χ4v) is 1.42. The zero-order chi connectivity index (χ0) is 12.8. The van der Waals surface area contributed by atoms with E-state index in [0.717, 1.165) is 0 Å². The van der Waals surface area contributed by atoms with E-state index in [0.29, 0.717) is 5.56 Å². The van der Waals surface area contributed by atoms with Crippen LogP contribution in [0.3, 0.4) is 0 Å². The Morgan fingerprint density at radius 1 is 1.47 bits per heavy atom. The largest absolute Gasteiger partial charge is 0.434 e. The van der Waals surface area contributed by atoms with Crippen molar-refractivity contribution in [2.24, 2.45) is 5.73 Å². The van der Waals surface area contributed by atoms with E-state index in [9.17, 15) is 13.6 Å². The molecule has 1 amide bonds. The minimum Gasteiger partial charge on any atom is -0.434 e. The van der Waals surface area contributed by atoms with Crippen LogP contribution in [0.4, 0.5) is 8.78 Å². The maximum atomic E-state index is 12.2. The number of nitrogens with two attached hydrogens (primary N) is 1. The second-order valence-electron chi connectivity index (χ2n) is 3.41. The Balaban J connectivity index is 2.84. The van der Waals surface area contributed by atoms with Crippen molar-refractivity contribution in [1.82, 2.24) is 5.32 Å². The first kappa shape index (κ1) is 13.4. The number of carbonyl (C=O) groups excluding carboxylic acids is 1. The van der Waals surface area contributed by atoms with Gasteiger partial charge in [-0.3, -0.25) is 4.79 Å². The molecular weight excluding hydrogens is 230 g/mol. The molecule has 0 aliphatic rings. The van der Waals surface area contributed by atoms with Gasteiger partial charge < -0.3 is 15.8 Å². The van der Waals surface area contributed by atoms with Crippen molar-refractivity contribution < 1.29 is 18.3 Å². The standard InChI is InChI=1S/C11H14F2N2O2/c1-7(15-10(16)6-14)8-4-2-3-5-9(8)17-11(12)13/h2-5,7,11H,6,14H2,1H3,(H,15,16). The molecule has 3 N–H and O–H groups in total. The van der Waals surface area contributed by atoms with E-state index >= 15 is 0 Å². The predicted molar refractivity (Wildman–Crippen MR) is 58.7 cm³/mol. The van der Waals surface area contributed by atoms with Crippen molar-refractivity contribution in [3.63, 3.8) is 0 Å². The van der Waals surface area contributed by atoms with Crippen LogP contribution in [0, 0.1) is 0 Å². The molecule has 0 bridgehead atoms. The average Bonchev–Trinajstić information content (AvgIpc) is 2.28. The van der Waals surface area contributed by atoms with Crippen LogP contribution < -0.4 is 15.8 Å². The molecule has 0 saturated carbocycles. The number of carbonyl (C=O) groups is 1. The molecule has 6 heteroatoms. The molecule has 1 aromatic rings. The maximum absolute atomic E-state index is 12.2. The molecule has 0 aromatic heterocycles. The molecule has 0 fully saturated rings. The topological polar surface area (TPSA) is 64.4 Å². The molecule has 1 atom stereocenters. The van der Waals surface area contributed by atoms with Gasteiger partial charge in [0, 0.05) is 5.56 Å². The Kier molecular flexibility index (Phi) is 4.84. The molecule has 1 rings (SSSR count). The lowest BCUT2D eigenvalue weighted by Gasteiger charge is -2.17. The van der Waals surface area contributed by atoms with Gasteiger partial charge in [0.15, 0.2) is 0 Å². The number of hydrogen-bond acceptors (Lipinski definition) is 3. The number of halogens is 2. The van der Waals surface area contributed by atoms with Crippen molar-refractivity contribution in [2.75, 3.05) is 6.54 Å². The molecular formula is C11H14F2N2O2. The lowest BCUT2D eigenvalue weighted by Crippen LogP contribution is -2.32. The number of hydrogen-bond donors (Lipinski definition) is 2. The molecule has 0 aliphatic heterocycles. The molecule has 0 heterocycles. The predicted octanol–water partition coefficient (Wildman–Crippen LogP) is 1.42. The van der Waals surface area contributed by atoms with E-state index < -0.39 is 12.7 Å². The van der Waals surface area contributed by atoms with Gasteiger partial charge in [0.25, 0.3) is 0 Å². The van der Waals surface area contributed by atoms with Crippen molar-refractivity contribution in [2.45, 2.75) is 19.6 Å². The number of alkyl halides is 2. The first-order valence-electron chi connectivity index (χ1n) is 5.07. The Morgan fingerprint density at radius 3 is 2.71 bits per heavy atom. The van der Waals surface area contributed by atoms with Gasteiger partial charge >= 0.3 is 6.61 Å². The van der Waals surface area contributed by atoms with Crippen molar-refractivity contribution >= 4 is 5.91 Å². The van der Waals surface area contributed by atoms with Crippen LogP contribution >= 0.6 is 0 Å². The summed E-state index contributed by atoms with van der Waals surface area (Å²) >= 11 is 0. The molecule has 94 valence electrons. The summed E-state index contributed by atoms with van der Waals surface area (Å²) in [5, 5.41) is 2.57. The van der Waals surface area contributed by atoms with Gasteiger partial charge in [0.1, 0.15) is 5.75 Å². The average molecular weight is 244 g/mol. The number of rotatable bonds is 5. The summed E-state index contributed by atoms with van der Waals surface area (Å²) in [6, 6.07) is 5.85. The van der Waals surface area contributed by atoms with E-state index in [1.54, 1.807) is 25.1 Å². The zero-order valence-corrected chi connectivity index (χ0v) is 9.32. The van der Waals surface area contributed by atoms with Gasteiger partial charge in [-0.2, -0.15) is 8.78 Å². The zero-order valence-electron chi connectivity index (χ0n) is 9.32. The third kappa shape index (κ3) is 3.99. The van der Waals surface area contributed by atoms with Crippen molar-refractivity contribution in [1.29, 1.82) is 0 Å². The molecule has 1 aromatic carbocycles. The summed E-state index contributed by atoms with van der Waals surface area (Å²) in [5.74, 6) is -0.309. The first-order valence-corrected chi connectivity index (χ1v) is 5.07. The Bertz CT molecular complexity index is 385. The lowest BCUT2D eigenvalue weighted by atomic mass is 10.1. The minimum atomic E-state index is -2.89. The van der Waals surface area contributed by atoms with E-state index in [4.69, 9.17) is 5.73 Å². The summed E-state index contributed by atoms with van der Waals surface area (Å²) in [5.41, 5.74) is 5.64. The summed E-state index contributed by atoms with van der Waals surface area (Å²) < 4.78 is 28.7. The molecule has 0 saturated heterocycles. The monoisotopic (exact) mass is 244 g/mol. The van der Waals surface area contributed by atoms with Crippen LogP contribution in [0.1, 0.15) is 18.5 Å². The molecule has 0 aliphatic carbocycles. The van der Waals surface area contributed by atoms with Gasteiger partial charge in [-0.25, -0.2) is 0 Å². The van der Waals surface area contributed by atoms with Crippen LogP contribution in [-0.2, 0) is 4.79 Å². The lowest BCUT2D eigenvalue weighted by molar-refractivity contribution is -0.120. The highest BCUT2D eigenvalue weighted by atomic mass is 19.3. The summed E-state index contributed by atoms with van der Waals surface area (Å²) in [4.78, 5) is 11.1. The summed E-state index contributed by atoms with van der Waals surface area (Å²) in [7, 11) is 0. The highest BCUT2D eigenvalue weighted by Gasteiger charge is 2.15. The van der Waals surface area contributed by atoms with E-state index in [2.05, 4.69) is 10.1 Å². The van der Waals surface area contributed by atoms with Crippen LogP contribution in [-0.4, -0.2) is 19.1 Å². The summed E-state index contributed by atoms with van der Waals surface area (Å²) in [6.45, 7) is -1.38. The smallest absolute Gasteiger partial charge is 0.387 e. The third-order valence-corrected chi connectivity index (χ3v) is 2.16. The van der Waals surface area contributed by atoms with E-state index in [-0.39, 0.29) is 18.2 Å². The fraction of sp³-hybridized carbons (Fsp3) is 0.364. The van der Waals surface area contributed by atoms with Crippen LogP contribution in [0.5, 0.6) is 5.75 Å². The second-order valence-corrected chi connectivity index (χ2v) is 3.41. The normalized spacial score (nSPS) is 12.3. The maximum Gasteiger partial charge on any atom is 0.387 e. The van der Waals surface area contributed by atoms with Gasteiger partial charge in [-0.05, 0) is 13.0 Å². The van der Waals surface area contributed by atoms with Gasteiger partial charge in [-0.1, -0.05) is 18.2 Å². The van der Waals surface area contributed by atoms with Crippen LogP contribution in [0.2, 0.25) is 0 Å². The molecule has 1 unspecified atom stereocenters. The van der Waals surface area contributed by atoms with Crippen LogP contribution in [0.15, 0.2) is 24.3 Å². The summed E-state index contributed by atoms with van der Waals surface area (Å²) in [6.07, 6.45) is 0. The number of nitrogens with one attached hydrogen (secondary N) is 1. The Labute approximate surface area is 97.8 Å². The number of para-hydroxylation sites is 1. The highest BCUT2D eigenvalue weighted by Crippen LogP contribution is 2.26. The van der Waals surface area contributed by atoms with Crippen molar-refractivity contribution in [3.05, 3.63) is 29.8 Å². The molecule has 0 radical (unpaired) electrons. The van der Waals surface area contributed by atoms with Gasteiger partial charge in [-0.15, -0.1) is 0 Å². The number of amides is 1. The van der Waals surface area contributed by atoms with Gasteiger partial charge in [0.2, 0.25) is 5.91 Å². The number of benzene rings is 1. The minimum absolute atomic E-state index is 0.0484. The number of ether oxygens (including phenoxy) is 1. The Hall–Kier alpha value is -1.69. The quantitative estimate of drug-likeness (QED) is 0.823. The first-order chi connectivity index (χ1) is 8.04. The van der Waals surface area contributed by atoms with E-state index in [1.165, 1.54) is 6.07 Å². The molecule has 4 nitrogen and oxygen atoms in total. The Morgan fingerprint density at radius 2 is 2.12 bits per heavy atom. The van der Waals surface area contributed by atoms with Crippen molar-refractivity contribution in [3.8, 4) is 5.75 Å². The van der Waals surface area contributed by atoms with Gasteiger partial charge in [0.05, 0.1) is 12.6 Å². The second kappa shape index (κ2) is 6.15. The molecule has 17 heavy (non-hydrogen) atoms. The SMILES string of the molecule is CC(NC(=O)CN)c1ccccc1OC(F)F. The molecule has 0 spiro atoms. The highest BCUT2D eigenvalue weighted by molar-refractivity contribution is 5.78. The van der Waals surface area contributed by atoms with Crippen LogP contribution in [0.25, 0.3) is 0 Å². The van der Waals surface area contributed by atoms with E-state index in [1.807, 2.05) is 0 Å². The fourth-order valence-electron chi connectivity index (χ4n) is 1.42.